The maximum Gasteiger partial charge on any atom is 0.191 e. The van der Waals surface area contributed by atoms with Crippen molar-refractivity contribution in [2.24, 2.45) is 5.16 Å². The zero-order chi connectivity index (χ0) is 8.27. The molecule has 60 valence electrons. The molecule has 0 saturated heterocycles. The highest BCUT2D eigenvalue weighted by Gasteiger charge is 2.03. The monoisotopic (exact) mass is 155 g/mol. The summed E-state index contributed by atoms with van der Waals surface area (Å²) in [5.74, 6) is 0.935. The van der Waals surface area contributed by atoms with Gasteiger partial charge in [0.15, 0.2) is 11.7 Å². The lowest BCUT2D eigenvalue weighted by Crippen LogP contribution is -2.14. The van der Waals surface area contributed by atoms with E-state index in [1.807, 2.05) is 6.92 Å². The molecule has 0 aromatic carbocycles. The molecule has 0 spiro atoms. The average Bonchev–Trinajstić information content (AvgIpc) is 2.39. The Morgan fingerprint density at radius 3 is 2.82 bits per heavy atom. The van der Waals surface area contributed by atoms with Gasteiger partial charge in [0.1, 0.15) is 0 Å². The fourth-order valence-corrected chi connectivity index (χ4v) is 0.646. The molecule has 0 bridgehead atoms. The summed E-state index contributed by atoms with van der Waals surface area (Å²) < 4.78 is 0. The van der Waals surface area contributed by atoms with Gasteiger partial charge in [-0.25, -0.2) is 0 Å². The summed E-state index contributed by atoms with van der Waals surface area (Å²) in [6.45, 7) is 3.56. The van der Waals surface area contributed by atoms with Gasteiger partial charge < -0.3 is 5.21 Å². The van der Waals surface area contributed by atoms with Gasteiger partial charge in [-0.15, -0.1) is 15.0 Å². The molecule has 0 unspecified atom stereocenters. The quantitative estimate of drug-likeness (QED) is 0.268. The summed E-state index contributed by atoms with van der Waals surface area (Å²) in [6, 6.07) is 0. The SMILES string of the molecule is CC/C(=N\O)n1nnc(C)n1. The molecule has 1 aromatic heterocycles. The summed E-state index contributed by atoms with van der Waals surface area (Å²) >= 11 is 0. The zero-order valence-corrected chi connectivity index (χ0v) is 6.39. The van der Waals surface area contributed by atoms with E-state index in [9.17, 15) is 0 Å². The van der Waals surface area contributed by atoms with Crippen LogP contribution < -0.4 is 0 Å². The Morgan fingerprint density at radius 2 is 2.45 bits per heavy atom. The molecule has 11 heavy (non-hydrogen) atoms. The van der Waals surface area contributed by atoms with Crippen LogP contribution in [0.4, 0.5) is 0 Å². The molecular weight excluding hydrogens is 146 g/mol. The van der Waals surface area contributed by atoms with E-state index in [0.29, 0.717) is 18.1 Å². The standard InChI is InChI=1S/C5H9N5O/c1-3-5(8-11)10-7-4(2)6-9-10/h11H,3H2,1-2H3/b8-5+. The number of aryl methyl sites for hydroxylation is 1. The lowest BCUT2D eigenvalue weighted by molar-refractivity contribution is 0.313. The smallest absolute Gasteiger partial charge is 0.191 e. The third kappa shape index (κ3) is 1.51. The first-order chi connectivity index (χ1) is 5.27. The van der Waals surface area contributed by atoms with E-state index < -0.39 is 0 Å². The highest BCUT2D eigenvalue weighted by molar-refractivity contribution is 5.81. The molecule has 0 saturated carbocycles. The maximum atomic E-state index is 8.45. The van der Waals surface area contributed by atoms with Gasteiger partial charge in [-0.05, 0) is 12.1 Å². The van der Waals surface area contributed by atoms with E-state index in [1.165, 1.54) is 4.80 Å². The molecule has 6 nitrogen and oxygen atoms in total. The Labute approximate surface area is 63.5 Å². The van der Waals surface area contributed by atoms with Gasteiger partial charge in [0.2, 0.25) is 0 Å². The van der Waals surface area contributed by atoms with Crippen molar-refractivity contribution in [3.05, 3.63) is 5.82 Å². The number of tetrazole rings is 1. The minimum absolute atomic E-state index is 0.380. The van der Waals surface area contributed by atoms with Crippen LogP contribution >= 0.6 is 0 Å². The van der Waals surface area contributed by atoms with Gasteiger partial charge in [0, 0.05) is 6.42 Å². The zero-order valence-electron chi connectivity index (χ0n) is 6.39. The first-order valence-corrected chi connectivity index (χ1v) is 3.26. The first-order valence-electron chi connectivity index (χ1n) is 3.26. The van der Waals surface area contributed by atoms with Crippen molar-refractivity contribution in [1.82, 2.24) is 20.2 Å². The van der Waals surface area contributed by atoms with Crippen LogP contribution in [0.25, 0.3) is 0 Å². The van der Waals surface area contributed by atoms with Crippen molar-refractivity contribution in [1.29, 1.82) is 0 Å². The van der Waals surface area contributed by atoms with E-state index in [-0.39, 0.29) is 0 Å². The van der Waals surface area contributed by atoms with Crippen LogP contribution in [-0.2, 0) is 0 Å². The Balaban J connectivity index is 2.91. The number of hydrogen-bond donors (Lipinski definition) is 1. The third-order valence-electron chi connectivity index (χ3n) is 1.18. The van der Waals surface area contributed by atoms with Crippen LogP contribution in [0, 0.1) is 6.92 Å². The second-order valence-electron chi connectivity index (χ2n) is 2.00. The molecule has 0 aliphatic carbocycles. The van der Waals surface area contributed by atoms with Gasteiger partial charge in [-0.3, -0.25) is 0 Å². The molecule has 0 aliphatic rings. The first kappa shape index (κ1) is 7.64. The van der Waals surface area contributed by atoms with Gasteiger partial charge in [-0.1, -0.05) is 12.1 Å². The number of hydrogen-bond acceptors (Lipinski definition) is 5. The molecule has 1 heterocycles. The Kier molecular flexibility index (Phi) is 2.15. The molecule has 6 heteroatoms. The molecule has 1 aromatic rings. The second-order valence-corrected chi connectivity index (χ2v) is 2.00. The third-order valence-corrected chi connectivity index (χ3v) is 1.18. The highest BCUT2D eigenvalue weighted by atomic mass is 16.4. The Hall–Kier alpha value is -1.46. The number of oxime groups is 1. The van der Waals surface area contributed by atoms with E-state index in [4.69, 9.17) is 5.21 Å². The molecular formula is C5H9N5O. The van der Waals surface area contributed by atoms with Crippen LogP contribution in [0.15, 0.2) is 5.16 Å². The van der Waals surface area contributed by atoms with E-state index in [2.05, 4.69) is 20.6 Å². The molecule has 1 N–H and O–H groups in total. The number of aromatic nitrogens is 4. The fourth-order valence-electron chi connectivity index (χ4n) is 0.646. The lowest BCUT2D eigenvalue weighted by Gasteiger charge is -1.94. The van der Waals surface area contributed by atoms with Crippen LogP contribution in [-0.4, -0.2) is 31.3 Å². The van der Waals surface area contributed by atoms with E-state index in [1.54, 1.807) is 6.92 Å². The fraction of sp³-hybridized carbons (Fsp3) is 0.600. The summed E-state index contributed by atoms with van der Waals surface area (Å²) in [5, 5.41) is 22.6. The van der Waals surface area contributed by atoms with Gasteiger partial charge in [-0.2, -0.15) is 0 Å². The van der Waals surface area contributed by atoms with Crippen LogP contribution in [0.3, 0.4) is 0 Å². The van der Waals surface area contributed by atoms with Gasteiger partial charge in [0.05, 0.1) is 0 Å². The summed E-state index contributed by atoms with van der Waals surface area (Å²) in [6.07, 6.45) is 0.562. The molecule has 0 fully saturated rings. The second kappa shape index (κ2) is 3.09. The summed E-state index contributed by atoms with van der Waals surface area (Å²) in [7, 11) is 0. The Bertz CT molecular complexity index is 266. The molecule has 0 atom stereocenters. The van der Waals surface area contributed by atoms with Gasteiger partial charge >= 0.3 is 0 Å². The van der Waals surface area contributed by atoms with Crippen LogP contribution in [0.5, 0.6) is 0 Å². The normalized spacial score (nSPS) is 12.0. The Morgan fingerprint density at radius 1 is 1.73 bits per heavy atom. The molecule has 0 amide bonds. The topological polar surface area (TPSA) is 76.2 Å². The maximum absolute atomic E-state index is 8.45. The van der Waals surface area contributed by atoms with Gasteiger partial charge in [0.25, 0.3) is 0 Å². The number of nitrogens with zero attached hydrogens (tertiary/aromatic N) is 5. The number of rotatable bonds is 1. The van der Waals surface area contributed by atoms with Crippen LogP contribution in [0.1, 0.15) is 19.2 Å². The van der Waals surface area contributed by atoms with E-state index >= 15 is 0 Å². The average molecular weight is 155 g/mol. The van der Waals surface area contributed by atoms with Crippen molar-refractivity contribution in [3.63, 3.8) is 0 Å². The predicted molar refractivity (Wildman–Crippen MR) is 37.5 cm³/mol. The summed E-state index contributed by atoms with van der Waals surface area (Å²) in [5.41, 5.74) is 0. The predicted octanol–water partition coefficient (Wildman–Crippen LogP) is 0.0273. The molecule has 0 aliphatic heterocycles. The van der Waals surface area contributed by atoms with Crippen molar-refractivity contribution in [2.45, 2.75) is 20.3 Å². The highest BCUT2D eigenvalue weighted by Crippen LogP contribution is 1.87. The minimum atomic E-state index is 0.380. The lowest BCUT2D eigenvalue weighted by atomic mass is 10.5. The molecule has 1 rings (SSSR count). The van der Waals surface area contributed by atoms with Crippen molar-refractivity contribution in [3.8, 4) is 0 Å². The molecule has 0 radical (unpaired) electrons. The van der Waals surface area contributed by atoms with E-state index in [0.717, 1.165) is 0 Å². The van der Waals surface area contributed by atoms with Crippen molar-refractivity contribution >= 4 is 5.84 Å². The summed E-state index contributed by atoms with van der Waals surface area (Å²) in [4.78, 5) is 1.20. The van der Waals surface area contributed by atoms with Crippen molar-refractivity contribution < 1.29 is 5.21 Å². The van der Waals surface area contributed by atoms with Crippen LogP contribution in [0.2, 0.25) is 0 Å². The van der Waals surface area contributed by atoms with Crippen molar-refractivity contribution in [2.75, 3.05) is 0 Å². The minimum Gasteiger partial charge on any atom is -0.409 e. The largest absolute Gasteiger partial charge is 0.409 e.